The van der Waals surface area contributed by atoms with Gasteiger partial charge in [-0.3, -0.25) is 0 Å². The van der Waals surface area contributed by atoms with Gasteiger partial charge in [0.05, 0.1) is 6.54 Å². The van der Waals surface area contributed by atoms with Crippen molar-refractivity contribution in [3.05, 3.63) is 82.4 Å². The maximum atomic E-state index is 14.6. The Bertz CT molecular complexity index is 1040. The first-order valence-electron chi connectivity index (χ1n) is 7.91. The molecule has 0 unspecified atom stereocenters. The maximum Gasteiger partial charge on any atom is 0.227 e. The molecule has 0 aliphatic carbocycles. The largest absolute Gasteiger partial charge is 0.496 e. The van der Waals surface area contributed by atoms with E-state index in [1.54, 1.807) is 24.3 Å². The lowest BCUT2D eigenvalue weighted by atomic mass is 9.91. The first-order chi connectivity index (χ1) is 12.9. The summed E-state index contributed by atoms with van der Waals surface area (Å²) in [7, 11) is 0. The average Bonchev–Trinajstić information content (AvgIpc) is 3.12. The fraction of sp³-hybridized carbons (Fsp3) is 0.167. The molecule has 138 valence electrons. The smallest absolute Gasteiger partial charge is 0.227 e. The van der Waals surface area contributed by atoms with E-state index in [0.29, 0.717) is 10.6 Å². The summed E-state index contributed by atoms with van der Waals surface area (Å²) in [5.41, 5.74) is -0.383. The Hall–Kier alpha value is -2.42. The number of aliphatic hydroxyl groups is 1. The van der Waals surface area contributed by atoms with Crippen molar-refractivity contribution in [1.82, 2.24) is 14.8 Å². The van der Waals surface area contributed by atoms with Crippen molar-refractivity contribution < 1.29 is 18.6 Å². The van der Waals surface area contributed by atoms with Crippen molar-refractivity contribution in [1.29, 1.82) is 0 Å². The van der Waals surface area contributed by atoms with Gasteiger partial charge in [-0.05, 0) is 24.4 Å². The summed E-state index contributed by atoms with van der Waals surface area (Å²) in [6, 6.07) is 10.3. The molecule has 2 atom stereocenters. The molecule has 0 bridgehead atoms. The van der Waals surface area contributed by atoms with E-state index in [2.05, 4.69) is 10.1 Å². The molecule has 4 rings (SSSR count). The lowest BCUT2D eigenvalue weighted by Gasteiger charge is -2.16. The molecular weight excluding hydrogens is 396 g/mol. The Labute approximate surface area is 163 Å². The van der Waals surface area contributed by atoms with Gasteiger partial charge in [-0.2, -0.15) is 5.10 Å². The zero-order valence-electron chi connectivity index (χ0n) is 13.6. The summed E-state index contributed by atoms with van der Waals surface area (Å²) >= 11 is 11.0. The number of aliphatic hydroxyl groups excluding tert-OH is 1. The molecule has 5 nitrogen and oxygen atoms in total. The zero-order valence-corrected chi connectivity index (χ0v) is 15.2. The van der Waals surface area contributed by atoms with E-state index in [-0.39, 0.29) is 17.9 Å². The van der Waals surface area contributed by atoms with Crippen LogP contribution < -0.4 is 0 Å². The molecule has 1 saturated heterocycles. The predicted molar refractivity (Wildman–Crippen MR) is 97.7 cm³/mol. The third-order valence-corrected chi connectivity index (χ3v) is 4.99. The molecule has 1 fully saturated rings. The highest BCUT2D eigenvalue weighted by Gasteiger charge is 2.61. The molecule has 9 heteroatoms. The van der Waals surface area contributed by atoms with Crippen LogP contribution in [0.1, 0.15) is 23.1 Å². The second kappa shape index (κ2) is 6.63. The number of ether oxygens (including phenoxy) is 1. The van der Waals surface area contributed by atoms with Crippen molar-refractivity contribution in [2.75, 3.05) is 0 Å². The van der Waals surface area contributed by atoms with Gasteiger partial charge in [0.25, 0.3) is 0 Å². The zero-order chi connectivity index (χ0) is 19.2. The number of benzene rings is 2. The highest BCUT2D eigenvalue weighted by molar-refractivity contribution is 7.80. The van der Waals surface area contributed by atoms with Crippen molar-refractivity contribution in [3.8, 4) is 0 Å². The van der Waals surface area contributed by atoms with Crippen LogP contribution in [0.25, 0.3) is 0 Å². The van der Waals surface area contributed by atoms with Crippen LogP contribution >= 0.6 is 23.8 Å². The SMILES string of the molecule is OC(=S)c1ncnn1C[C@@]1(c2ccc(F)cc2F)O[C@@H]1c1ccccc1Cl. The molecule has 27 heavy (non-hydrogen) atoms. The molecule has 2 aromatic carbocycles. The van der Waals surface area contributed by atoms with Gasteiger partial charge < -0.3 is 9.84 Å². The molecule has 1 aromatic heterocycles. The minimum Gasteiger partial charge on any atom is -0.496 e. The lowest BCUT2D eigenvalue weighted by molar-refractivity contribution is 0.255. The molecule has 0 saturated carbocycles. The molecule has 0 radical (unpaired) electrons. The number of hydrogen-bond acceptors (Lipinski definition) is 4. The molecule has 3 aromatic rings. The van der Waals surface area contributed by atoms with Crippen LogP contribution in [0.5, 0.6) is 0 Å². The number of halogens is 3. The lowest BCUT2D eigenvalue weighted by Crippen LogP contribution is -2.24. The van der Waals surface area contributed by atoms with E-state index in [1.807, 2.05) is 0 Å². The standard InChI is InChI=1S/C18H12ClF2N3O2S/c19-13-4-2-1-3-11(13)15-18(26-15,12-6-5-10(20)7-14(12)21)8-24-16(17(25)27)22-9-23-24/h1-7,9,15H,8H2,(H,25,27)/t15-,18+/m1/s1. The van der Waals surface area contributed by atoms with Gasteiger partial charge in [-0.25, -0.2) is 18.4 Å². The molecule has 1 aliphatic heterocycles. The first-order valence-corrected chi connectivity index (χ1v) is 8.70. The Morgan fingerprint density at radius 3 is 2.78 bits per heavy atom. The summed E-state index contributed by atoms with van der Waals surface area (Å²) in [4.78, 5) is 3.90. The van der Waals surface area contributed by atoms with Crippen LogP contribution in [0.2, 0.25) is 5.02 Å². The number of rotatable bonds is 5. The minimum absolute atomic E-state index is 0.00146. The highest BCUT2D eigenvalue weighted by atomic mass is 35.5. The second-order valence-electron chi connectivity index (χ2n) is 6.08. The number of nitrogens with zero attached hydrogens (tertiary/aromatic N) is 3. The molecule has 1 N–H and O–H groups in total. The maximum absolute atomic E-state index is 14.6. The summed E-state index contributed by atoms with van der Waals surface area (Å²) < 4.78 is 35.2. The Kier molecular flexibility index (Phi) is 4.41. The molecular formula is C18H12ClF2N3O2S. The van der Waals surface area contributed by atoms with Gasteiger partial charge in [0.15, 0.2) is 0 Å². The monoisotopic (exact) mass is 407 g/mol. The molecule has 2 heterocycles. The quantitative estimate of drug-likeness (QED) is 0.509. The van der Waals surface area contributed by atoms with Crippen molar-refractivity contribution in [2.24, 2.45) is 0 Å². The van der Waals surface area contributed by atoms with Gasteiger partial charge >= 0.3 is 0 Å². The van der Waals surface area contributed by atoms with Gasteiger partial charge in [-0.1, -0.05) is 35.9 Å². The van der Waals surface area contributed by atoms with Crippen molar-refractivity contribution in [3.63, 3.8) is 0 Å². The van der Waals surface area contributed by atoms with Crippen LogP contribution in [-0.4, -0.2) is 24.9 Å². The van der Waals surface area contributed by atoms with Crippen LogP contribution in [0, 0.1) is 11.6 Å². The number of hydrogen-bond donors (Lipinski definition) is 1. The first kappa shape index (κ1) is 18.0. The predicted octanol–water partition coefficient (Wildman–Crippen LogP) is 4.11. The second-order valence-corrected chi connectivity index (χ2v) is 6.87. The number of thiocarbonyl (C=S) groups is 1. The van der Waals surface area contributed by atoms with Gasteiger partial charge in [0.2, 0.25) is 10.9 Å². The number of epoxide rings is 1. The van der Waals surface area contributed by atoms with Gasteiger partial charge in [-0.15, -0.1) is 0 Å². The third-order valence-electron chi connectivity index (χ3n) is 4.46. The summed E-state index contributed by atoms with van der Waals surface area (Å²) in [6.45, 7) is 0.00146. The fourth-order valence-electron chi connectivity index (χ4n) is 3.19. The van der Waals surface area contributed by atoms with Crippen LogP contribution in [-0.2, 0) is 16.9 Å². The van der Waals surface area contributed by atoms with E-state index >= 15 is 0 Å². The average molecular weight is 408 g/mol. The third kappa shape index (κ3) is 3.09. The van der Waals surface area contributed by atoms with Crippen molar-refractivity contribution >= 4 is 28.9 Å². The normalized spacial score (nSPS) is 21.2. The van der Waals surface area contributed by atoms with E-state index in [4.69, 9.17) is 28.6 Å². The number of aromatic nitrogens is 3. The summed E-state index contributed by atoms with van der Waals surface area (Å²) in [6.07, 6.45) is 0.634. The highest BCUT2D eigenvalue weighted by Crippen LogP contribution is 2.59. The van der Waals surface area contributed by atoms with Gasteiger partial charge in [0, 0.05) is 22.2 Å². The van der Waals surface area contributed by atoms with Crippen LogP contribution in [0.15, 0.2) is 48.8 Å². The van der Waals surface area contributed by atoms with E-state index in [1.165, 1.54) is 17.1 Å². The van der Waals surface area contributed by atoms with E-state index in [0.717, 1.165) is 12.1 Å². The summed E-state index contributed by atoms with van der Waals surface area (Å²) in [5.74, 6) is -1.39. The topological polar surface area (TPSA) is 63.5 Å². The molecule has 0 amide bonds. The minimum atomic E-state index is -1.20. The summed E-state index contributed by atoms with van der Waals surface area (Å²) in [5, 5.41) is 13.7. The van der Waals surface area contributed by atoms with Gasteiger partial charge in [0.1, 0.15) is 29.7 Å². The molecule has 1 aliphatic rings. The Morgan fingerprint density at radius 2 is 2.07 bits per heavy atom. The van der Waals surface area contributed by atoms with Crippen LogP contribution in [0.4, 0.5) is 8.78 Å². The Morgan fingerprint density at radius 1 is 1.30 bits per heavy atom. The fourth-order valence-corrected chi connectivity index (χ4v) is 3.58. The van der Waals surface area contributed by atoms with E-state index < -0.39 is 28.4 Å². The van der Waals surface area contributed by atoms with E-state index in [9.17, 15) is 13.9 Å². The van der Waals surface area contributed by atoms with Crippen molar-refractivity contribution in [2.45, 2.75) is 18.2 Å². The molecule has 0 spiro atoms. The van der Waals surface area contributed by atoms with Crippen LogP contribution in [0.3, 0.4) is 0 Å². The Balaban J connectivity index is 1.81.